The average molecular weight is 127 g/mol. The van der Waals surface area contributed by atoms with Crippen LogP contribution < -0.4 is 0 Å². The Hall–Kier alpha value is -0.0400. The molecule has 0 aromatic carbocycles. The molecule has 54 valence electrons. The summed E-state index contributed by atoms with van der Waals surface area (Å²) in [6.07, 6.45) is 1.39. The molecule has 0 aromatic heterocycles. The lowest BCUT2D eigenvalue weighted by Gasteiger charge is -2.48. The van der Waals surface area contributed by atoms with E-state index in [-0.39, 0.29) is 0 Å². The molecule has 1 rings (SSSR count). The highest BCUT2D eigenvalue weighted by atomic mass is 15.3. The molecule has 1 atom stereocenters. The molecule has 1 fully saturated rings. The lowest BCUT2D eigenvalue weighted by atomic mass is 9.95. The monoisotopic (exact) mass is 127 g/mol. The van der Waals surface area contributed by atoms with Crippen molar-refractivity contribution < 1.29 is 0 Å². The molecule has 1 unspecified atom stereocenters. The van der Waals surface area contributed by atoms with Crippen molar-refractivity contribution in [1.29, 1.82) is 0 Å². The Labute approximate surface area is 58.0 Å². The first-order chi connectivity index (χ1) is 4.02. The molecule has 1 aliphatic heterocycles. The van der Waals surface area contributed by atoms with E-state index in [1.54, 1.807) is 0 Å². The van der Waals surface area contributed by atoms with Crippen LogP contribution in [0.2, 0.25) is 0 Å². The molecule has 0 aromatic rings. The number of rotatable bonds is 0. The summed E-state index contributed by atoms with van der Waals surface area (Å²) in [4.78, 5) is 2.53. The third-order valence-corrected chi connectivity index (χ3v) is 2.18. The van der Waals surface area contributed by atoms with E-state index in [0.717, 1.165) is 6.04 Å². The molecular weight excluding hydrogens is 110 g/mol. The van der Waals surface area contributed by atoms with Gasteiger partial charge in [-0.25, -0.2) is 0 Å². The normalized spacial score (nSPS) is 30.0. The van der Waals surface area contributed by atoms with E-state index in [4.69, 9.17) is 0 Å². The van der Waals surface area contributed by atoms with Crippen LogP contribution in [0.15, 0.2) is 0 Å². The van der Waals surface area contributed by atoms with Crippen LogP contribution >= 0.6 is 0 Å². The maximum Gasteiger partial charge on any atom is 0.0127 e. The van der Waals surface area contributed by atoms with Crippen LogP contribution in [0.4, 0.5) is 0 Å². The predicted octanol–water partition coefficient (Wildman–Crippen LogP) is 1.88. The van der Waals surface area contributed by atoms with Crippen LogP contribution in [0.5, 0.6) is 0 Å². The maximum absolute atomic E-state index is 2.53. The van der Waals surface area contributed by atoms with Crippen molar-refractivity contribution in [2.45, 2.75) is 45.7 Å². The Kier molecular flexibility index (Phi) is 1.55. The third kappa shape index (κ3) is 1.26. The molecule has 1 saturated heterocycles. The Morgan fingerprint density at radius 3 is 1.89 bits per heavy atom. The van der Waals surface area contributed by atoms with E-state index >= 15 is 0 Å². The van der Waals surface area contributed by atoms with Gasteiger partial charge in [-0.2, -0.15) is 0 Å². The van der Waals surface area contributed by atoms with E-state index in [1.165, 1.54) is 13.0 Å². The van der Waals surface area contributed by atoms with Crippen LogP contribution in [0, 0.1) is 0 Å². The molecule has 0 bridgehead atoms. The topological polar surface area (TPSA) is 3.24 Å². The quantitative estimate of drug-likeness (QED) is 0.480. The fourth-order valence-electron chi connectivity index (χ4n) is 1.51. The summed E-state index contributed by atoms with van der Waals surface area (Å²) in [6, 6.07) is 0.824. The van der Waals surface area contributed by atoms with Crippen LogP contribution in [-0.2, 0) is 0 Å². The van der Waals surface area contributed by atoms with E-state index in [1.807, 2.05) is 0 Å². The van der Waals surface area contributed by atoms with Crippen molar-refractivity contribution in [3.63, 3.8) is 0 Å². The first kappa shape index (κ1) is 7.07. The molecule has 9 heavy (non-hydrogen) atoms. The highest BCUT2D eigenvalue weighted by molar-refractivity contribution is 4.88. The van der Waals surface area contributed by atoms with Gasteiger partial charge in [0.1, 0.15) is 0 Å². The molecule has 0 radical (unpaired) electrons. The molecule has 0 spiro atoms. The van der Waals surface area contributed by atoms with Gasteiger partial charge in [0.2, 0.25) is 0 Å². The zero-order valence-electron chi connectivity index (χ0n) is 6.94. The molecule has 0 amide bonds. The highest BCUT2D eigenvalue weighted by Crippen LogP contribution is 2.26. The summed E-state index contributed by atoms with van der Waals surface area (Å²) < 4.78 is 0. The summed E-state index contributed by atoms with van der Waals surface area (Å²) in [5.41, 5.74) is 0.400. The number of hydrogen-bond acceptors (Lipinski definition) is 1. The minimum absolute atomic E-state index is 0.400. The van der Waals surface area contributed by atoms with Gasteiger partial charge in [-0.3, -0.25) is 4.90 Å². The van der Waals surface area contributed by atoms with Crippen LogP contribution in [0.1, 0.15) is 34.1 Å². The number of nitrogens with zero attached hydrogens (tertiary/aromatic N) is 1. The van der Waals surface area contributed by atoms with Crippen molar-refractivity contribution >= 4 is 0 Å². The van der Waals surface area contributed by atoms with Gasteiger partial charge in [0.25, 0.3) is 0 Å². The fraction of sp³-hybridized carbons (Fsp3) is 1.00. The first-order valence-corrected chi connectivity index (χ1v) is 3.78. The van der Waals surface area contributed by atoms with E-state index < -0.39 is 0 Å². The summed E-state index contributed by atoms with van der Waals surface area (Å²) in [5.74, 6) is 0. The zero-order chi connectivity index (χ0) is 7.07. The van der Waals surface area contributed by atoms with Gasteiger partial charge in [-0.1, -0.05) is 0 Å². The lowest BCUT2D eigenvalue weighted by Crippen LogP contribution is -2.55. The van der Waals surface area contributed by atoms with Gasteiger partial charge in [0.15, 0.2) is 0 Å². The number of likely N-dealkylation sites (tertiary alicyclic amines) is 1. The summed E-state index contributed by atoms with van der Waals surface area (Å²) >= 11 is 0. The summed E-state index contributed by atoms with van der Waals surface area (Å²) in [7, 11) is 0. The fourth-order valence-corrected chi connectivity index (χ4v) is 1.51. The van der Waals surface area contributed by atoms with Crippen molar-refractivity contribution in [3.05, 3.63) is 0 Å². The van der Waals surface area contributed by atoms with Gasteiger partial charge in [-0.15, -0.1) is 0 Å². The Morgan fingerprint density at radius 1 is 1.33 bits per heavy atom. The molecule has 0 aliphatic carbocycles. The minimum Gasteiger partial charge on any atom is -0.296 e. The first-order valence-electron chi connectivity index (χ1n) is 3.78. The number of hydrogen-bond donors (Lipinski definition) is 0. The van der Waals surface area contributed by atoms with E-state index in [0.29, 0.717) is 5.54 Å². The Balaban J connectivity index is 2.44. The van der Waals surface area contributed by atoms with E-state index in [2.05, 4.69) is 32.6 Å². The second kappa shape index (κ2) is 1.98. The van der Waals surface area contributed by atoms with Gasteiger partial charge in [0, 0.05) is 18.1 Å². The SMILES string of the molecule is CC1CCN1C(C)(C)C. The Morgan fingerprint density at radius 2 is 1.89 bits per heavy atom. The molecule has 1 heteroatoms. The lowest BCUT2D eigenvalue weighted by molar-refractivity contribution is 0.0121. The van der Waals surface area contributed by atoms with Crippen molar-refractivity contribution in [3.8, 4) is 0 Å². The highest BCUT2D eigenvalue weighted by Gasteiger charge is 2.32. The third-order valence-electron chi connectivity index (χ3n) is 2.18. The van der Waals surface area contributed by atoms with Gasteiger partial charge >= 0.3 is 0 Å². The van der Waals surface area contributed by atoms with E-state index in [9.17, 15) is 0 Å². The van der Waals surface area contributed by atoms with Crippen LogP contribution in [0.3, 0.4) is 0 Å². The van der Waals surface area contributed by atoms with Crippen LogP contribution in [0.25, 0.3) is 0 Å². The smallest absolute Gasteiger partial charge is 0.0127 e. The van der Waals surface area contributed by atoms with Crippen molar-refractivity contribution in [2.75, 3.05) is 6.54 Å². The van der Waals surface area contributed by atoms with Gasteiger partial charge in [0.05, 0.1) is 0 Å². The largest absolute Gasteiger partial charge is 0.296 e. The maximum atomic E-state index is 2.53. The second-order valence-electron chi connectivity index (χ2n) is 4.00. The van der Waals surface area contributed by atoms with Gasteiger partial charge in [-0.05, 0) is 34.1 Å². The molecule has 0 N–H and O–H groups in total. The van der Waals surface area contributed by atoms with Crippen LogP contribution in [-0.4, -0.2) is 23.0 Å². The van der Waals surface area contributed by atoms with Crippen molar-refractivity contribution in [1.82, 2.24) is 4.90 Å². The Bertz CT molecular complexity index is 102. The summed E-state index contributed by atoms with van der Waals surface area (Å²) in [5, 5.41) is 0. The standard InChI is InChI=1S/C8H17N/c1-7-5-6-9(7)8(2,3)4/h7H,5-6H2,1-4H3. The zero-order valence-corrected chi connectivity index (χ0v) is 6.94. The summed E-state index contributed by atoms with van der Waals surface area (Å²) in [6.45, 7) is 10.4. The average Bonchev–Trinajstić information content (AvgIpc) is 1.57. The molecule has 1 nitrogen and oxygen atoms in total. The molecule has 1 aliphatic rings. The predicted molar refractivity (Wildman–Crippen MR) is 40.5 cm³/mol. The van der Waals surface area contributed by atoms with Crippen molar-refractivity contribution in [2.24, 2.45) is 0 Å². The second-order valence-corrected chi connectivity index (χ2v) is 4.00. The molecule has 0 saturated carbocycles. The molecule has 1 heterocycles. The van der Waals surface area contributed by atoms with Gasteiger partial charge < -0.3 is 0 Å². The minimum atomic E-state index is 0.400. The molecular formula is C8H17N.